The minimum atomic E-state index is -0.609. The molecule has 7 heteroatoms. The van der Waals surface area contributed by atoms with Gasteiger partial charge in [0, 0.05) is 16.7 Å². The fourth-order valence-corrected chi connectivity index (χ4v) is 5.44. The van der Waals surface area contributed by atoms with Crippen molar-refractivity contribution in [2.24, 2.45) is 0 Å². The molecule has 1 unspecified atom stereocenters. The Balaban J connectivity index is 1.47. The summed E-state index contributed by atoms with van der Waals surface area (Å²) < 4.78 is 0. The molecular weight excluding hydrogens is 480 g/mol. The monoisotopic (exact) mass is 508 g/mol. The fourth-order valence-electron chi connectivity index (χ4n) is 5.44. The lowest BCUT2D eigenvalue weighted by molar-refractivity contribution is 0.0424. The van der Waals surface area contributed by atoms with Crippen molar-refractivity contribution >= 4 is 35.1 Å². The number of para-hydroxylation sites is 1. The second-order valence-corrected chi connectivity index (χ2v) is 10.1. The summed E-state index contributed by atoms with van der Waals surface area (Å²) in [6.45, 7) is 7.69. The lowest BCUT2D eigenvalue weighted by atomic mass is 9.91. The van der Waals surface area contributed by atoms with Crippen molar-refractivity contribution in [3.8, 4) is 0 Å². The molecule has 0 bridgehead atoms. The molecule has 2 aliphatic heterocycles. The Morgan fingerprint density at radius 3 is 1.84 bits per heavy atom. The van der Waals surface area contributed by atoms with Crippen LogP contribution in [0.15, 0.2) is 60.7 Å². The number of carbonyl (C=O) groups excluding carboxylic acids is 5. The molecule has 1 atom stereocenters. The summed E-state index contributed by atoms with van der Waals surface area (Å²) in [5.41, 5.74) is 1.99. The largest absolute Gasteiger partial charge is 0.289 e. The molecule has 0 saturated heterocycles. The molecule has 4 amide bonds. The van der Waals surface area contributed by atoms with E-state index in [9.17, 15) is 24.0 Å². The third-order valence-corrected chi connectivity index (χ3v) is 7.74. The van der Waals surface area contributed by atoms with E-state index >= 15 is 0 Å². The number of nitrogens with zero attached hydrogens (tertiary/aromatic N) is 2. The van der Waals surface area contributed by atoms with Crippen molar-refractivity contribution in [3.05, 3.63) is 99.6 Å². The van der Waals surface area contributed by atoms with Gasteiger partial charge in [0.05, 0.1) is 27.9 Å². The molecule has 3 aromatic carbocycles. The maximum atomic E-state index is 13.4. The first-order valence-electron chi connectivity index (χ1n) is 12.8. The van der Waals surface area contributed by atoms with Gasteiger partial charge >= 0.3 is 0 Å². The third-order valence-electron chi connectivity index (χ3n) is 7.74. The molecule has 38 heavy (non-hydrogen) atoms. The van der Waals surface area contributed by atoms with Gasteiger partial charge in [0.15, 0.2) is 5.78 Å². The number of hydrogen-bond donors (Lipinski definition) is 0. The predicted octanol–water partition coefficient (Wildman–Crippen LogP) is 5.59. The topological polar surface area (TPSA) is 91.8 Å². The van der Waals surface area contributed by atoms with Crippen LogP contribution in [0.5, 0.6) is 0 Å². The number of amides is 4. The molecule has 0 N–H and O–H groups in total. The summed E-state index contributed by atoms with van der Waals surface area (Å²) in [4.78, 5) is 68.6. The highest BCUT2D eigenvalue weighted by molar-refractivity contribution is 6.35. The summed E-state index contributed by atoms with van der Waals surface area (Å²) >= 11 is 0. The molecule has 0 radical (unpaired) electrons. The van der Waals surface area contributed by atoms with Crippen LogP contribution in [-0.4, -0.2) is 39.9 Å². The van der Waals surface area contributed by atoms with E-state index in [-0.39, 0.29) is 39.3 Å². The Morgan fingerprint density at radius 1 is 0.737 bits per heavy atom. The maximum absolute atomic E-state index is 13.4. The number of fused-ring (bicyclic) bond motifs is 2. The average molecular weight is 509 g/mol. The molecule has 2 heterocycles. The molecular formula is C31H28N2O5. The number of imide groups is 2. The fraction of sp³-hybridized carbons (Fsp3) is 0.258. The molecule has 0 aromatic heterocycles. The summed E-state index contributed by atoms with van der Waals surface area (Å²) in [7, 11) is 0. The summed E-state index contributed by atoms with van der Waals surface area (Å²) in [6, 6.07) is 16.0. The smallest absolute Gasteiger partial charge is 0.266 e. The standard InChI is InChI=1S/C31H28N2O5/c1-5-15-31(4,6-2)33-29(37)22-14-12-20(17-24(22)30(33)38)26(34)19-11-13-21-23(16-19)28(36)32(27(21)35)25-10-8-7-9-18(25)3/h7-14,16-17H,5-6,15H2,1-4H3. The van der Waals surface area contributed by atoms with E-state index in [1.165, 1.54) is 41.3 Å². The van der Waals surface area contributed by atoms with Crippen molar-refractivity contribution in [2.75, 3.05) is 4.90 Å². The van der Waals surface area contributed by atoms with Crippen LogP contribution in [0.1, 0.15) is 103 Å². The van der Waals surface area contributed by atoms with Crippen LogP contribution >= 0.6 is 0 Å². The number of anilines is 1. The van der Waals surface area contributed by atoms with Crippen molar-refractivity contribution in [1.82, 2.24) is 4.90 Å². The van der Waals surface area contributed by atoms with Gasteiger partial charge in [-0.1, -0.05) is 50.6 Å². The van der Waals surface area contributed by atoms with Gasteiger partial charge in [0.25, 0.3) is 23.6 Å². The number of ketones is 1. The normalized spacial score (nSPS) is 16.1. The molecule has 5 rings (SSSR count). The highest BCUT2D eigenvalue weighted by Crippen LogP contribution is 2.35. The first-order chi connectivity index (χ1) is 18.1. The van der Waals surface area contributed by atoms with E-state index in [0.717, 1.165) is 16.9 Å². The summed E-state index contributed by atoms with van der Waals surface area (Å²) in [6.07, 6.45) is 2.13. The first-order valence-corrected chi connectivity index (χ1v) is 12.8. The van der Waals surface area contributed by atoms with E-state index in [2.05, 4.69) is 0 Å². The third kappa shape index (κ3) is 3.69. The van der Waals surface area contributed by atoms with Crippen LogP contribution in [-0.2, 0) is 0 Å². The molecule has 0 saturated carbocycles. The second-order valence-electron chi connectivity index (χ2n) is 10.1. The van der Waals surface area contributed by atoms with E-state index in [1.54, 1.807) is 12.1 Å². The van der Waals surface area contributed by atoms with Crippen molar-refractivity contribution in [1.29, 1.82) is 0 Å². The van der Waals surface area contributed by atoms with Gasteiger partial charge in [-0.15, -0.1) is 0 Å². The van der Waals surface area contributed by atoms with Crippen molar-refractivity contribution < 1.29 is 24.0 Å². The number of rotatable bonds is 7. The van der Waals surface area contributed by atoms with Gasteiger partial charge < -0.3 is 0 Å². The van der Waals surface area contributed by atoms with Crippen LogP contribution in [0.2, 0.25) is 0 Å². The lowest BCUT2D eigenvalue weighted by Gasteiger charge is -2.36. The van der Waals surface area contributed by atoms with Crippen LogP contribution < -0.4 is 4.90 Å². The van der Waals surface area contributed by atoms with Crippen molar-refractivity contribution in [2.45, 2.75) is 52.5 Å². The van der Waals surface area contributed by atoms with Gasteiger partial charge in [-0.3, -0.25) is 28.9 Å². The molecule has 0 fully saturated rings. The number of carbonyl (C=O) groups is 5. The zero-order valence-corrected chi connectivity index (χ0v) is 21.8. The second kappa shape index (κ2) is 9.17. The Labute approximate surface area is 221 Å². The number of hydrogen-bond acceptors (Lipinski definition) is 5. The zero-order valence-electron chi connectivity index (χ0n) is 21.8. The number of aryl methyl sites for hydroxylation is 1. The molecule has 0 aliphatic carbocycles. The maximum Gasteiger partial charge on any atom is 0.266 e. The average Bonchev–Trinajstić information content (AvgIpc) is 3.32. The van der Waals surface area contributed by atoms with Crippen LogP contribution in [0.25, 0.3) is 0 Å². The minimum Gasteiger partial charge on any atom is -0.289 e. The van der Waals surface area contributed by atoms with E-state index < -0.39 is 29.0 Å². The minimum absolute atomic E-state index is 0.154. The Bertz CT molecular complexity index is 1560. The Kier molecular flexibility index (Phi) is 6.10. The first kappa shape index (κ1) is 25.3. The van der Waals surface area contributed by atoms with E-state index in [4.69, 9.17) is 0 Å². The molecule has 3 aromatic rings. The number of benzene rings is 3. The van der Waals surface area contributed by atoms with Gasteiger partial charge in [-0.05, 0) is 62.6 Å². The quantitative estimate of drug-likeness (QED) is 0.306. The molecule has 192 valence electrons. The van der Waals surface area contributed by atoms with Gasteiger partial charge in [-0.25, -0.2) is 4.90 Å². The van der Waals surface area contributed by atoms with Gasteiger partial charge in [0.1, 0.15) is 0 Å². The zero-order chi connectivity index (χ0) is 27.4. The van der Waals surface area contributed by atoms with Gasteiger partial charge in [-0.2, -0.15) is 0 Å². The summed E-state index contributed by atoms with van der Waals surface area (Å²) in [5, 5.41) is 0. The summed E-state index contributed by atoms with van der Waals surface area (Å²) in [5.74, 6) is -2.09. The van der Waals surface area contributed by atoms with E-state index in [1.807, 2.05) is 39.8 Å². The highest BCUT2D eigenvalue weighted by atomic mass is 16.2. The molecule has 2 aliphatic rings. The van der Waals surface area contributed by atoms with Crippen LogP contribution in [0.4, 0.5) is 5.69 Å². The molecule has 0 spiro atoms. The van der Waals surface area contributed by atoms with Crippen LogP contribution in [0, 0.1) is 6.92 Å². The molecule has 7 nitrogen and oxygen atoms in total. The lowest BCUT2D eigenvalue weighted by Crippen LogP contribution is -2.49. The highest BCUT2D eigenvalue weighted by Gasteiger charge is 2.45. The van der Waals surface area contributed by atoms with Crippen molar-refractivity contribution in [3.63, 3.8) is 0 Å². The Hall–Kier alpha value is -4.39. The van der Waals surface area contributed by atoms with Gasteiger partial charge in [0.2, 0.25) is 0 Å². The van der Waals surface area contributed by atoms with Crippen LogP contribution in [0.3, 0.4) is 0 Å². The predicted molar refractivity (Wildman–Crippen MR) is 143 cm³/mol. The Morgan fingerprint density at radius 2 is 1.26 bits per heavy atom. The SMILES string of the molecule is CCCC(C)(CC)N1C(=O)c2ccc(C(=O)c3ccc4c(c3)C(=O)N(c3ccccc3C)C4=O)cc2C1=O. The van der Waals surface area contributed by atoms with E-state index in [0.29, 0.717) is 18.5 Å².